The largest absolute Gasteiger partial charge is 0.376 e. The Kier molecular flexibility index (Phi) is 3.93. The lowest BCUT2D eigenvalue weighted by Crippen LogP contribution is -2.51. The number of ether oxygens (including phenoxy) is 1. The van der Waals surface area contributed by atoms with Crippen molar-refractivity contribution in [2.45, 2.75) is 38.3 Å². The Morgan fingerprint density at radius 1 is 1.56 bits per heavy atom. The fourth-order valence-corrected chi connectivity index (χ4v) is 2.38. The summed E-state index contributed by atoms with van der Waals surface area (Å²) >= 11 is 6.04. The van der Waals surface area contributed by atoms with Crippen LogP contribution in [0.5, 0.6) is 0 Å². The predicted octanol–water partition coefficient (Wildman–Crippen LogP) is 2.57. The molecule has 1 amide bonds. The second-order valence-electron chi connectivity index (χ2n) is 5.00. The summed E-state index contributed by atoms with van der Waals surface area (Å²) in [6.07, 6.45) is 1.21. The molecular weight excluding hydrogens is 250 g/mol. The fraction of sp³-hybridized carbons (Fsp3) is 0.500. The summed E-state index contributed by atoms with van der Waals surface area (Å²) in [7, 11) is 0. The van der Waals surface area contributed by atoms with E-state index in [1.165, 1.54) is 0 Å². The lowest BCUT2D eigenvalue weighted by Gasteiger charge is -2.29. The summed E-state index contributed by atoms with van der Waals surface area (Å²) in [4.78, 5) is 12.0. The topological polar surface area (TPSA) is 38.3 Å². The summed E-state index contributed by atoms with van der Waals surface area (Å²) in [5.74, 6) is -0.0112. The monoisotopic (exact) mass is 267 g/mol. The zero-order chi connectivity index (χ0) is 13.2. The summed E-state index contributed by atoms with van der Waals surface area (Å²) < 4.78 is 5.50. The van der Waals surface area contributed by atoms with Crippen LogP contribution in [0.15, 0.2) is 24.3 Å². The zero-order valence-electron chi connectivity index (χ0n) is 10.7. The van der Waals surface area contributed by atoms with Gasteiger partial charge in [-0.25, -0.2) is 0 Å². The van der Waals surface area contributed by atoms with Crippen LogP contribution in [0.3, 0.4) is 0 Å². The first kappa shape index (κ1) is 13.4. The molecule has 1 aromatic carbocycles. The summed E-state index contributed by atoms with van der Waals surface area (Å²) in [5, 5.41) is 3.69. The number of benzene rings is 1. The third-order valence-electron chi connectivity index (χ3n) is 3.62. The molecule has 0 saturated carbocycles. The summed E-state index contributed by atoms with van der Waals surface area (Å²) in [6, 6.07) is 7.42. The molecule has 1 N–H and O–H groups in total. The highest BCUT2D eigenvalue weighted by atomic mass is 35.5. The van der Waals surface area contributed by atoms with Gasteiger partial charge in [0.2, 0.25) is 5.91 Å². The van der Waals surface area contributed by atoms with E-state index in [1.54, 1.807) is 6.07 Å². The zero-order valence-corrected chi connectivity index (χ0v) is 11.5. The SMILES string of the molecule is C[C@@H]1OCC[C@@]1(C)NC(=O)Cc1ccccc1Cl. The third-order valence-corrected chi connectivity index (χ3v) is 3.99. The van der Waals surface area contributed by atoms with Gasteiger partial charge in [-0.2, -0.15) is 0 Å². The quantitative estimate of drug-likeness (QED) is 0.914. The molecule has 1 aromatic rings. The van der Waals surface area contributed by atoms with Crippen LogP contribution in [0.25, 0.3) is 0 Å². The molecule has 1 saturated heterocycles. The van der Waals surface area contributed by atoms with Gasteiger partial charge in [-0.3, -0.25) is 4.79 Å². The smallest absolute Gasteiger partial charge is 0.224 e. The van der Waals surface area contributed by atoms with Crippen LogP contribution in [0.4, 0.5) is 0 Å². The first-order chi connectivity index (χ1) is 8.51. The molecule has 0 aromatic heterocycles. The Bertz CT molecular complexity index is 449. The van der Waals surface area contributed by atoms with E-state index in [0.29, 0.717) is 18.1 Å². The maximum atomic E-state index is 12.0. The van der Waals surface area contributed by atoms with Gasteiger partial charge in [-0.1, -0.05) is 29.8 Å². The first-order valence-electron chi connectivity index (χ1n) is 6.17. The highest BCUT2D eigenvalue weighted by Crippen LogP contribution is 2.25. The van der Waals surface area contributed by atoms with E-state index in [0.717, 1.165) is 12.0 Å². The molecule has 1 fully saturated rings. The van der Waals surface area contributed by atoms with E-state index in [9.17, 15) is 4.79 Å². The van der Waals surface area contributed by atoms with E-state index < -0.39 is 0 Å². The maximum Gasteiger partial charge on any atom is 0.224 e. The third kappa shape index (κ3) is 2.85. The van der Waals surface area contributed by atoms with Crippen molar-refractivity contribution in [1.82, 2.24) is 5.32 Å². The number of halogens is 1. The van der Waals surface area contributed by atoms with Gasteiger partial charge >= 0.3 is 0 Å². The average Bonchev–Trinajstić information content (AvgIpc) is 2.62. The van der Waals surface area contributed by atoms with Gasteiger partial charge < -0.3 is 10.1 Å². The van der Waals surface area contributed by atoms with Crippen LogP contribution in [0.2, 0.25) is 5.02 Å². The lowest BCUT2D eigenvalue weighted by molar-refractivity contribution is -0.122. The van der Waals surface area contributed by atoms with Crippen molar-refractivity contribution >= 4 is 17.5 Å². The highest BCUT2D eigenvalue weighted by molar-refractivity contribution is 6.31. The number of rotatable bonds is 3. The number of amides is 1. The molecular formula is C14H18ClNO2. The Morgan fingerprint density at radius 3 is 2.89 bits per heavy atom. The molecule has 3 nitrogen and oxygen atoms in total. The van der Waals surface area contributed by atoms with Crippen LogP contribution in [-0.2, 0) is 16.0 Å². The number of carbonyl (C=O) groups excluding carboxylic acids is 1. The van der Waals surface area contributed by atoms with Crippen LogP contribution >= 0.6 is 11.6 Å². The van der Waals surface area contributed by atoms with Crippen LogP contribution in [-0.4, -0.2) is 24.2 Å². The van der Waals surface area contributed by atoms with Crippen molar-refractivity contribution in [3.05, 3.63) is 34.9 Å². The number of hydrogen-bond donors (Lipinski definition) is 1. The molecule has 1 aliphatic rings. The van der Waals surface area contributed by atoms with Crippen LogP contribution < -0.4 is 5.32 Å². The number of nitrogens with one attached hydrogen (secondary N) is 1. The minimum atomic E-state index is -0.266. The molecule has 0 unspecified atom stereocenters. The minimum Gasteiger partial charge on any atom is -0.376 e. The van der Waals surface area contributed by atoms with E-state index in [2.05, 4.69) is 5.32 Å². The second kappa shape index (κ2) is 5.29. The van der Waals surface area contributed by atoms with Crippen LogP contribution in [0.1, 0.15) is 25.8 Å². The summed E-state index contributed by atoms with van der Waals surface area (Å²) in [5.41, 5.74) is 0.588. The van der Waals surface area contributed by atoms with Crippen molar-refractivity contribution in [2.75, 3.05) is 6.61 Å². The minimum absolute atomic E-state index is 0.0112. The standard InChI is InChI=1S/C14H18ClNO2/c1-10-14(2,7-8-18-10)16-13(17)9-11-5-3-4-6-12(11)15/h3-6,10H,7-9H2,1-2H3,(H,16,17)/t10-,14+/m0/s1. The number of hydrogen-bond acceptors (Lipinski definition) is 2. The van der Waals surface area contributed by atoms with Crippen molar-refractivity contribution in [3.8, 4) is 0 Å². The fourth-order valence-electron chi connectivity index (χ4n) is 2.18. The van der Waals surface area contributed by atoms with Crippen molar-refractivity contribution in [2.24, 2.45) is 0 Å². The van der Waals surface area contributed by atoms with E-state index in [1.807, 2.05) is 32.0 Å². The molecule has 0 aliphatic carbocycles. The molecule has 98 valence electrons. The Balaban J connectivity index is 1.99. The van der Waals surface area contributed by atoms with Gasteiger partial charge in [-0.15, -0.1) is 0 Å². The Morgan fingerprint density at radius 2 is 2.28 bits per heavy atom. The normalized spacial score (nSPS) is 27.2. The molecule has 4 heteroatoms. The Labute approximate surface area is 112 Å². The average molecular weight is 268 g/mol. The van der Waals surface area contributed by atoms with Gasteiger partial charge in [0, 0.05) is 11.6 Å². The predicted molar refractivity (Wildman–Crippen MR) is 71.7 cm³/mol. The molecule has 0 spiro atoms. The lowest BCUT2D eigenvalue weighted by atomic mass is 9.94. The van der Waals surface area contributed by atoms with Gasteiger partial charge in [0.05, 0.1) is 18.1 Å². The molecule has 0 radical (unpaired) electrons. The van der Waals surface area contributed by atoms with Crippen molar-refractivity contribution < 1.29 is 9.53 Å². The molecule has 2 atom stereocenters. The van der Waals surface area contributed by atoms with Gasteiger partial charge in [0.1, 0.15) is 0 Å². The first-order valence-corrected chi connectivity index (χ1v) is 6.55. The maximum absolute atomic E-state index is 12.0. The van der Waals surface area contributed by atoms with E-state index in [-0.39, 0.29) is 17.6 Å². The molecule has 1 heterocycles. The van der Waals surface area contributed by atoms with E-state index in [4.69, 9.17) is 16.3 Å². The Hall–Kier alpha value is -1.06. The van der Waals surface area contributed by atoms with Gasteiger partial charge in [0.15, 0.2) is 0 Å². The number of carbonyl (C=O) groups is 1. The molecule has 1 aliphatic heterocycles. The van der Waals surface area contributed by atoms with Gasteiger partial charge in [-0.05, 0) is 31.9 Å². The van der Waals surface area contributed by atoms with E-state index >= 15 is 0 Å². The second-order valence-corrected chi connectivity index (χ2v) is 5.40. The summed E-state index contributed by atoms with van der Waals surface area (Å²) in [6.45, 7) is 4.71. The molecule has 18 heavy (non-hydrogen) atoms. The van der Waals surface area contributed by atoms with Crippen molar-refractivity contribution in [1.29, 1.82) is 0 Å². The highest BCUT2D eigenvalue weighted by Gasteiger charge is 2.38. The molecule has 0 bridgehead atoms. The molecule has 2 rings (SSSR count). The van der Waals surface area contributed by atoms with Gasteiger partial charge in [0.25, 0.3) is 0 Å². The van der Waals surface area contributed by atoms with Crippen LogP contribution in [0, 0.1) is 0 Å². The van der Waals surface area contributed by atoms with Crippen molar-refractivity contribution in [3.63, 3.8) is 0 Å².